The predicted octanol–water partition coefficient (Wildman–Crippen LogP) is 0.825. The fraction of sp³-hybridized carbons (Fsp3) is 0.647. The van der Waals surface area contributed by atoms with Crippen LogP contribution in [-0.2, 0) is 4.79 Å². The van der Waals surface area contributed by atoms with Crippen molar-refractivity contribution < 1.29 is 9.90 Å². The molecule has 6 heteroatoms. The molecule has 1 aromatic rings. The van der Waals surface area contributed by atoms with Gasteiger partial charge in [-0.15, -0.1) is 0 Å². The number of hydrogen-bond donors (Lipinski definition) is 2. The van der Waals surface area contributed by atoms with Gasteiger partial charge < -0.3 is 10.4 Å². The lowest BCUT2D eigenvalue weighted by molar-refractivity contribution is -0.143. The van der Waals surface area contributed by atoms with Crippen molar-refractivity contribution in [3.05, 3.63) is 30.1 Å². The highest BCUT2D eigenvalue weighted by atomic mass is 16.4. The lowest BCUT2D eigenvalue weighted by atomic mass is 9.95. The molecular formula is C17H26N4O2. The van der Waals surface area contributed by atoms with Crippen LogP contribution in [0, 0.1) is 5.92 Å². The lowest BCUT2D eigenvalue weighted by Gasteiger charge is -2.39. The number of rotatable bonds is 5. The fourth-order valence-electron chi connectivity index (χ4n) is 3.57. The van der Waals surface area contributed by atoms with Gasteiger partial charge in [-0.25, -0.2) is 0 Å². The van der Waals surface area contributed by atoms with Gasteiger partial charge in [-0.3, -0.25) is 19.6 Å². The van der Waals surface area contributed by atoms with E-state index in [1.807, 2.05) is 18.3 Å². The molecule has 2 fully saturated rings. The Morgan fingerprint density at radius 3 is 2.61 bits per heavy atom. The molecule has 0 amide bonds. The standard InChI is InChI=1S/C17H26N4O2/c22-17(23)14-4-9-21(10-5-14)16(15-3-1-2-6-19-15)13-20-11-7-18-8-12-20/h1-3,6,14,16,18H,4-5,7-13H2,(H,22,23). The smallest absolute Gasteiger partial charge is 0.306 e. The SMILES string of the molecule is O=C(O)C1CCN(C(CN2CCNCC2)c2ccccn2)CC1. The molecule has 2 saturated heterocycles. The second kappa shape index (κ2) is 7.86. The molecule has 1 unspecified atom stereocenters. The van der Waals surface area contributed by atoms with Gasteiger partial charge in [-0.05, 0) is 38.1 Å². The molecule has 0 aliphatic carbocycles. The summed E-state index contributed by atoms with van der Waals surface area (Å²) in [5.74, 6) is -0.837. The van der Waals surface area contributed by atoms with Crippen LogP contribution >= 0.6 is 0 Å². The molecule has 1 atom stereocenters. The Hall–Kier alpha value is -1.50. The molecule has 0 saturated carbocycles. The molecule has 2 aliphatic rings. The van der Waals surface area contributed by atoms with Crippen LogP contribution in [0.5, 0.6) is 0 Å². The minimum atomic E-state index is -0.652. The van der Waals surface area contributed by atoms with Gasteiger partial charge >= 0.3 is 5.97 Å². The van der Waals surface area contributed by atoms with E-state index >= 15 is 0 Å². The molecule has 2 aliphatic heterocycles. The van der Waals surface area contributed by atoms with Gasteiger partial charge in [0.25, 0.3) is 0 Å². The number of carbonyl (C=O) groups is 1. The molecule has 0 bridgehead atoms. The molecule has 0 radical (unpaired) electrons. The Balaban J connectivity index is 1.69. The molecule has 1 aromatic heterocycles. The number of piperazine rings is 1. The lowest BCUT2D eigenvalue weighted by Crippen LogP contribution is -2.48. The van der Waals surface area contributed by atoms with Gasteiger partial charge in [-0.1, -0.05) is 6.07 Å². The van der Waals surface area contributed by atoms with Crippen LogP contribution in [0.2, 0.25) is 0 Å². The Kier molecular flexibility index (Phi) is 5.59. The summed E-state index contributed by atoms with van der Waals surface area (Å²) in [4.78, 5) is 20.7. The van der Waals surface area contributed by atoms with Crippen molar-refractivity contribution in [3.63, 3.8) is 0 Å². The third-order valence-corrected chi connectivity index (χ3v) is 4.99. The molecule has 23 heavy (non-hydrogen) atoms. The van der Waals surface area contributed by atoms with Crippen LogP contribution in [0.25, 0.3) is 0 Å². The summed E-state index contributed by atoms with van der Waals surface area (Å²) in [6.07, 6.45) is 3.32. The van der Waals surface area contributed by atoms with E-state index in [9.17, 15) is 9.90 Å². The van der Waals surface area contributed by atoms with Crippen molar-refractivity contribution in [2.75, 3.05) is 45.8 Å². The van der Waals surface area contributed by atoms with Gasteiger partial charge in [0.1, 0.15) is 0 Å². The molecule has 126 valence electrons. The second-order valence-electron chi connectivity index (χ2n) is 6.47. The maximum absolute atomic E-state index is 11.2. The summed E-state index contributed by atoms with van der Waals surface area (Å²) in [6, 6.07) is 6.33. The number of hydrogen-bond acceptors (Lipinski definition) is 5. The van der Waals surface area contributed by atoms with E-state index in [-0.39, 0.29) is 12.0 Å². The predicted molar refractivity (Wildman–Crippen MR) is 88.2 cm³/mol. The Morgan fingerprint density at radius 2 is 2.00 bits per heavy atom. The molecular weight excluding hydrogens is 292 g/mol. The molecule has 3 rings (SSSR count). The first kappa shape index (κ1) is 16.4. The number of carboxylic acid groups (broad SMARTS) is 1. The summed E-state index contributed by atoms with van der Waals surface area (Å²) in [5, 5.41) is 12.6. The second-order valence-corrected chi connectivity index (χ2v) is 6.47. The minimum absolute atomic E-state index is 0.185. The third-order valence-electron chi connectivity index (χ3n) is 4.99. The molecule has 0 spiro atoms. The topological polar surface area (TPSA) is 68.7 Å². The zero-order valence-electron chi connectivity index (χ0n) is 13.5. The highest BCUT2D eigenvalue weighted by Gasteiger charge is 2.31. The van der Waals surface area contributed by atoms with Crippen molar-refractivity contribution in [1.29, 1.82) is 0 Å². The van der Waals surface area contributed by atoms with E-state index in [0.29, 0.717) is 0 Å². The molecule has 6 nitrogen and oxygen atoms in total. The van der Waals surface area contributed by atoms with Crippen LogP contribution in [0.1, 0.15) is 24.6 Å². The van der Waals surface area contributed by atoms with Crippen molar-refractivity contribution in [2.45, 2.75) is 18.9 Å². The van der Waals surface area contributed by atoms with Crippen molar-refractivity contribution in [1.82, 2.24) is 20.1 Å². The highest BCUT2D eigenvalue weighted by molar-refractivity contribution is 5.70. The highest BCUT2D eigenvalue weighted by Crippen LogP contribution is 2.27. The van der Waals surface area contributed by atoms with Gasteiger partial charge in [0.15, 0.2) is 0 Å². The maximum atomic E-state index is 11.2. The van der Waals surface area contributed by atoms with Gasteiger partial charge in [0, 0.05) is 38.9 Å². The van der Waals surface area contributed by atoms with Crippen molar-refractivity contribution >= 4 is 5.97 Å². The number of piperidine rings is 1. The van der Waals surface area contributed by atoms with Crippen LogP contribution in [0.4, 0.5) is 0 Å². The first-order chi connectivity index (χ1) is 11.2. The monoisotopic (exact) mass is 318 g/mol. The summed E-state index contributed by atoms with van der Waals surface area (Å²) < 4.78 is 0. The van der Waals surface area contributed by atoms with E-state index in [0.717, 1.165) is 64.3 Å². The van der Waals surface area contributed by atoms with Crippen LogP contribution in [-0.4, -0.2) is 71.7 Å². The fourth-order valence-corrected chi connectivity index (χ4v) is 3.57. The van der Waals surface area contributed by atoms with Crippen LogP contribution < -0.4 is 5.32 Å². The number of nitrogens with one attached hydrogen (secondary N) is 1. The van der Waals surface area contributed by atoms with Gasteiger partial charge in [-0.2, -0.15) is 0 Å². The number of aliphatic carboxylic acids is 1. The van der Waals surface area contributed by atoms with E-state index in [4.69, 9.17) is 0 Å². The summed E-state index contributed by atoms with van der Waals surface area (Å²) in [6.45, 7) is 6.85. The van der Waals surface area contributed by atoms with E-state index < -0.39 is 5.97 Å². The van der Waals surface area contributed by atoms with Crippen LogP contribution in [0.3, 0.4) is 0 Å². The molecule has 2 N–H and O–H groups in total. The third kappa shape index (κ3) is 4.28. The average molecular weight is 318 g/mol. The van der Waals surface area contributed by atoms with E-state index in [1.165, 1.54) is 0 Å². The van der Waals surface area contributed by atoms with Gasteiger partial charge in [0.2, 0.25) is 0 Å². The Bertz CT molecular complexity index is 497. The zero-order chi connectivity index (χ0) is 16.1. The first-order valence-corrected chi connectivity index (χ1v) is 8.55. The largest absolute Gasteiger partial charge is 0.481 e. The van der Waals surface area contributed by atoms with Crippen LogP contribution in [0.15, 0.2) is 24.4 Å². The quantitative estimate of drug-likeness (QED) is 0.838. The maximum Gasteiger partial charge on any atom is 0.306 e. The number of likely N-dealkylation sites (tertiary alicyclic amines) is 1. The summed E-state index contributed by atoms with van der Waals surface area (Å²) in [5.41, 5.74) is 1.10. The van der Waals surface area contributed by atoms with Crippen molar-refractivity contribution in [3.8, 4) is 0 Å². The Morgan fingerprint density at radius 1 is 1.26 bits per heavy atom. The van der Waals surface area contributed by atoms with E-state index in [1.54, 1.807) is 0 Å². The number of carboxylic acids is 1. The first-order valence-electron chi connectivity index (χ1n) is 8.55. The zero-order valence-corrected chi connectivity index (χ0v) is 13.5. The summed E-state index contributed by atoms with van der Waals surface area (Å²) in [7, 11) is 0. The number of pyridine rings is 1. The van der Waals surface area contributed by atoms with E-state index in [2.05, 4.69) is 26.2 Å². The average Bonchev–Trinajstić information content (AvgIpc) is 2.61. The molecule has 0 aromatic carbocycles. The minimum Gasteiger partial charge on any atom is -0.481 e. The van der Waals surface area contributed by atoms with Gasteiger partial charge in [0.05, 0.1) is 17.7 Å². The van der Waals surface area contributed by atoms with Crippen molar-refractivity contribution in [2.24, 2.45) is 5.92 Å². The summed E-state index contributed by atoms with van der Waals surface area (Å²) >= 11 is 0. The normalized spacial score (nSPS) is 22.8. The number of nitrogens with zero attached hydrogens (tertiary/aromatic N) is 3. The Labute approximate surface area is 137 Å². The molecule has 3 heterocycles. The number of aromatic nitrogens is 1.